The van der Waals surface area contributed by atoms with E-state index in [1.54, 1.807) is 17.0 Å². The minimum atomic E-state index is -0.644. The van der Waals surface area contributed by atoms with Crippen LogP contribution in [-0.2, 0) is 4.79 Å². The van der Waals surface area contributed by atoms with Crippen LogP contribution in [0.3, 0.4) is 0 Å². The highest BCUT2D eigenvalue weighted by Crippen LogP contribution is 2.25. The van der Waals surface area contributed by atoms with Gasteiger partial charge in [-0.3, -0.25) is 19.8 Å². The van der Waals surface area contributed by atoms with Crippen molar-refractivity contribution in [2.75, 3.05) is 42.9 Å². The molecule has 0 atom stereocenters. The monoisotopic (exact) mass is 376 g/mol. The smallest absolute Gasteiger partial charge is 0.272 e. The zero-order chi connectivity index (χ0) is 19.4. The summed E-state index contributed by atoms with van der Waals surface area (Å²) in [4.78, 5) is 25.8. The van der Waals surface area contributed by atoms with E-state index < -0.39 is 16.6 Å². The number of benzene rings is 2. The summed E-state index contributed by atoms with van der Waals surface area (Å²) < 4.78 is 27.7. The molecule has 2 aromatic rings. The highest BCUT2D eigenvalue weighted by atomic mass is 19.1. The Labute approximate surface area is 154 Å². The fraction of sp³-hybridized carbons (Fsp3) is 0.278. The fourth-order valence-electron chi connectivity index (χ4n) is 2.97. The zero-order valence-corrected chi connectivity index (χ0v) is 14.4. The molecule has 0 unspecified atom stereocenters. The van der Waals surface area contributed by atoms with Gasteiger partial charge in [-0.1, -0.05) is 12.1 Å². The average molecular weight is 376 g/mol. The summed E-state index contributed by atoms with van der Waals surface area (Å²) in [7, 11) is 0. The maximum absolute atomic E-state index is 14.1. The van der Waals surface area contributed by atoms with Crippen LogP contribution in [-0.4, -0.2) is 48.5 Å². The van der Waals surface area contributed by atoms with Crippen molar-refractivity contribution in [2.24, 2.45) is 0 Å². The van der Waals surface area contributed by atoms with Crippen LogP contribution in [0.4, 0.5) is 25.8 Å². The Bertz CT molecular complexity index is 854. The molecule has 0 bridgehead atoms. The van der Waals surface area contributed by atoms with Gasteiger partial charge >= 0.3 is 0 Å². The van der Waals surface area contributed by atoms with Gasteiger partial charge in [-0.2, -0.15) is 0 Å². The second kappa shape index (κ2) is 8.09. The number of halogens is 2. The van der Waals surface area contributed by atoms with Crippen molar-refractivity contribution in [2.45, 2.75) is 0 Å². The van der Waals surface area contributed by atoms with E-state index in [2.05, 4.69) is 5.32 Å². The Morgan fingerprint density at radius 3 is 2.41 bits per heavy atom. The van der Waals surface area contributed by atoms with Crippen molar-refractivity contribution >= 4 is 23.0 Å². The van der Waals surface area contributed by atoms with Gasteiger partial charge in [0.2, 0.25) is 5.91 Å². The molecule has 0 aliphatic carbocycles. The Balaban J connectivity index is 1.54. The van der Waals surface area contributed by atoms with Crippen LogP contribution in [0.15, 0.2) is 42.5 Å². The molecule has 0 saturated carbocycles. The maximum Gasteiger partial charge on any atom is 0.272 e. The predicted octanol–water partition coefficient (Wildman–Crippen LogP) is 2.63. The van der Waals surface area contributed by atoms with E-state index in [1.165, 1.54) is 24.3 Å². The first-order valence-electron chi connectivity index (χ1n) is 8.39. The van der Waals surface area contributed by atoms with Gasteiger partial charge in [-0.05, 0) is 18.2 Å². The molecule has 142 valence electrons. The number of hydrogen-bond acceptors (Lipinski definition) is 5. The number of carbonyl (C=O) groups excluding carboxylic acids is 1. The quantitative estimate of drug-likeness (QED) is 0.641. The molecule has 1 amide bonds. The lowest BCUT2D eigenvalue weighted by atomic mass is 10.2. The first-order valence-corrected chi connectivity index (χ1v) is 8.39. The second-order valence-corrected chi connectivity index (χ2v) is 6.18. The Morgan fingerprint density at radius 1 is 1.07 bits per heavy atom. The number of nitrogens with zero attached hydrogens (tertiary/aromatic N) is 3. The summed E-state index contributed by atoms with van der Waals surface area (Å²) >= 11 is 0. The van der Waals surface area contributed by atoms with Gasteiger partial charge in [0, 0.05) is 32.2 Å². The summed E-state index contributed by atoms with van der Waals surface area (Å²) in [5.74, 6) is -1.46. The molecule has 1 heterocycles. The van der Waals surface area contributed by atoms with E-state index in [4.69, 9.17) is 0 Å². The maximum atomic E-state index is 14.1. The summed E-state index contributed by atoms with van der Waals surface area (Å²) in [6.07, 6.45) is 0. The molecule has 9 heteroatoms. The minimum absolute atomic E-state index is 0.102. The first-order chi connectivity index (χ1) is 12.9. The number of rotatable bonds is 5. The first kappa shape index (κ1) is 18.7. The molecule has 3 rings (SSSR count). The zero-order valence-electron chi connectivity index (χ0n) is 14.4. The van der Waals surface area contributed by atoms with E-state index in [0.717, 1.165) is 6.07 Å². The van der Waals surface area contributed by atoms with Gasteiger partial charge in [0.05, 0.1) is 28.9 Å². The molecular formula is C18H18F2N4O3. The third kappa shape index (κ3) is 4.56. The Morgan fingerprint density at radius 2 is 1.78 bits per heavy atom. The van der Waals surface area contributed by atoms with Crippen molar-refractivity contribution in [1.29, 1.82) is 0 Å². The fourth-order valence-corrected chi connectivity index (χ4v) is 2.97. The molecule has 2 aromatic carbocycles. The Kier molecular flexibility index (Phi) is 5.60. The molecule has 27 heavy (non-hydrogen) atoms. The number of anilines is 2. The highest BCUT2D eigenvalue weighted by Gasteiger charge is 2.22. The molecule has 1 aliphatic heterocycles. The van der Waals surface area contributed by atoms with Crippen molar-refractivity contribution in [3.8, 4) is 0 Å². The van der Waals surface area contributed by atoms with Crippen molar-refractivity contribution < 1.29 is 18.5 Å². The van der Waals surface area contributed by atoms with E-state index in [9.17, 15) is 23.7 Å². The summed E-state index contributed by atoms with van der Waals surface area (Å²) in [6, 6.07) is 9.51. The van der Waals surface area contributed by atoms with Crippen molar-refractivity contribution in [1.82, 2.24) is 4.90 Å². The van der Waals surface area contributed by atoms with Gasteiger partial charge in [0.25, 0.3) is 5.69 Å². The number of nitrogens with one attached hydrogen (secondary N) is 1. The number of non-ortho nitro benzene ring substituents is 1. The highest BCUT2D eigenvalue weighted by molar-refractivity contribution is 5.92. The number of piperazine rings is 1. The number of nitro groups is 1. The molecule has 0 radical (unpaired) electrons. The predicted molar refractivity (Wildman–Crippen MR) is 96.7 cm³/mol. The topological polar surface area (TPSA) is 78.7 Å². The average Bonchev–Trinajstić information content (AvgIpc) is 2.64. The van der Waals surface area contributed by atoms with E-state index in [0.29, 0.717) is 31.9 Å². The van der Waals surface area contributed by atoms with Crippen LogP contribution in [0.1, 0.15) is 0 Å². The molecule has 1 aliphatic rings. The molecule has 1 saturated heterocycles. The minimum Gasteiger partial charge on any atom is -0.367 e. The van der Waals surface area contributed by atoms with Crippen LogP contribution in [0.5, 0.6) is 0 Å². The van der Waals surface area contributed by atoms with Crippen LogP contribution in [0.2, 0.25) is 0 Å². The van der Waals surface area contributed by atoms with Crippen LogP contribution in [0, 0.1) is 21.7 Å². The van der Waals surface area contributed by atoms with E-state index in [1.807, 2.05) is 4.90 Å². The SMILES string of the molecule is O=C(CN1CCN(c2ccc([N+](=O)[O-])cc2F)CC1)Nc1ccccc1F. The van der Waals surface area contributed by atoms with Crippen LogP contribution in [0.25, 0.3) is 0 Å². The number of amides is 1. The van der Waals surface area contributed by atoms with Gasteiger partial charge < -0.3 is 10.2 Å². The van der Waals surface area contributed by atoms with Crippen LogP contribution >= 0.6 is 0 Å². The number of para-hydroxylation sites is 1. The van der Waals surface area contributed by atoms with Crippen molar-refractivity contribution in [3.63, 3.8) is 0 Å². The second-order valence-electron chi connectivity index (χ2n) is 6.18. The lowest BCUT2D eigenvalue weighted by molar-refractivity contribution is -0.385. The van der Waals surface area contributed by atoms with Gasteiger partial charge in [-0.15, -0.1) is 0 Å². The van der Waals surface area contributed by atoms with Gasteiger partial charge in [0.1, 0.15) is 5.82 Å². The molecule has 1 N–H and O–H groups in total. The lowest BCUT2D eigenvalue weighted by Crippen LogP contribution is -2.49. The summed E-state index contributed by atoms with van der Waals surface area (Å²) in [6.45, 7) is 2.08. The third-order valence-electron chi connectivity index (χ3n) is 4.37. The van der Waals surface area contributed by atoms with E-state index >= 15 is 0 Å². The third-order valence-corrected chi connectivity index (χ3v) is 4.37. The molecular weight excluding hydrogens is 358 g/mol. The number of nitro benzene ring substituents is 1. The normalized spacial score (nSPS) is 14.8. The number of hydrogen-bond donors (Lipinski definition) is 1. The molecule has 1 fully saturated rings. The van der Waals surface area contributed by atoms with Crippen LogP contribution < -0.4 is 10.2 Å². The number of carbonyl (C=O) groups is 1. The standard InChI is InChI=1S/C18H18F2N4O3/c19-14-3-1-2-4-16(14)21-18(25)12-22-7-9-23(10-8-22)17-6-5-13(24(26)27)11-15(17)20/h1-6,11H,7-10,12H2,(H,21,25). The van der Waals surface area contributed by atoms with E-state index in [-0.39, 0.29) is 23.8 Å². The molecule has 0 spiro atoms. The molecule has 7 nitrogen and oxygen atoms in total. The lowest BCUT2D eigenvalue weighted by Gasteiger charge is -2.35. The largest absolute Gasteiger partial charge is 0.367 e. The summed E-state index contributed by atoms with van der Waals surface area (Å²) in [5.41, 5.74) is 0.143. The van der Waals surface area contributed by atoms with Gasteiger partial charge in [0.15, 0.2) is 5.82 Å². The summed E-state index contributed by atoms with van der Waals surface area (Å²) in [5, 5.41) is 13.2. The van der Waals surface area contributed by atoms with Gasteiger partial charge in [-0.25, -0.2) is 8.78 Å². The molecule has 0 aromatic heterocycles. The van der Waals surface area contributed by atoms with Crippen molar-refractivity contribution in [3.05, 3.63) is 64.2 Å². The Hall–Kier alpha value is -3.07.